The lowest BCUT2D eigenvalue weighted by Crippen LogP contribution is -2.21. The molecule has 0 saturated heterocycles. The van der Waals surface area contributed by atoms with Crippen LogP contribution >= 0.6 is 0 Å². The Balaban J connectivity index is 2.34. The largest absolute Gasteiger partial charge is 0.438 e. The third-order valence-electron chi connectivity index (χ3n) is 4.36. The monoisotopic (exact) mass is 272 g/mol. The quantitative estimate of drug-likeness (QED) is 0.545. The van der Waals surface area contributed by atoms with Crippen LogP contribution in [0, 0.1) is 17.8 Å². The highest BCUT2D eigenvalue weighted by Crippen LogP contribution is 2.42. The van der Waals surface area contributed by atoms with Gasteiger partial charge in [0.05, 0.1) is 12.5 Å². The molecule has 1 aliphatic rings. The van der Waals surface area contributed by atoms with Crippen molar-refractivity contribution in [3.63, 3.8) is 0 Å². The van der Waals surface area contributed by atoms with E-state index in [1.807, 2.05) is 0 Å². The van der Waals surface area contributed by atoms with Crippen molar-refractivity contribution in [2.45, 2.75) is 58.5 Å². The van der Waals surface area contributed by atoms with Gasteiger partial charge in [0, 0.05) is 7.11 Å². The van der Waals surface area contributed by atoms with Gasteiger partial charge in [0.1, 0.15) is 0 Å². The van der Waals surface area contributed by atoms with Gasteiger partial charge >= 0.3 is 5.97 Å². The predicted octanol–water partition coefficient (Wildman–Crippen LogP) is 2.74. The third-order valence-corrected chi connectivity index (χ3v) is 4.36. The summed E-state index contributed by atoms with van der Waals surface area (Å²) in [7, 11) is 1.47. The summed E-state index contributed by atoms with van der Waals surface area (Å²) < 4.78 is 9.47. The van der Waals surface area contributed by atoms with Gasteiger partial charge in [-0.2, -0.15) is 0 Å². The fourth-order valence-corrected chi connectivity index (χ4v) is 3.27. The number of hydrogen-bond acceptors (Lipinski definition) is 4. The molecule has 0 spiro atoms. The van der Waals surface area contributed by atoms with E-state index >= 15 is 0 Å². The smallest absolute Gasteiger partial charge is 0.310 e. The zero-order chi connectivity index (χ0) is 14.3. The Morgan fingerprint density at radius 3 is 2.53 bits per heavy atom. The molecule has 1 rings (SSSR count). The van der Waals surface area contributed by atoms with E-state index < -0.39 is 6.10 Å². The van der Waals surface area contributed by atoms with Crippen molar-refractivity contribution in [1.82, 2.24) is 0 Å². The van der Waals surface area contributed by atoms with Crippen molar-refractivity contribution in [3.8, 4) is 0 Å². The van der Waals surface area contributed by atoms with Gasteiger partial charge in [-0.1, -0.05) is 26.7 Å². The number of rotatable bonds is 8. The fraction of sp³-hybridized carbons (Fsp3) is 0.933. The maximum Gasteiger partial charge on any atom is 0.310 e. The fourth-order valence-electron chi connectivity index (χ4n) is 3.27. The Kier molecular flexibility index (Phi) is 7.39. The molecule has 0 aliphatic heterocycles. The standard InChI is InChI=1S/C15H28O4/c1-4-11-6-12(5-2)13(7-11)8-14(16)9-15(17)19-10-18-3/h11-14,16H,4-10H2,1-3H3. The topological polar surface area (TPSA) is 55.8 Å². The first-order valence-electron chi connectivity index (χ1n) is 7.43. The van der Waals surface area contributed by atoms with Gasteiger partial charge in [0.2, 0.25) is 0 Å². The Morgan fingerprint density at radius 1 is 1.26 bits per heavy atom. The Labute approximate surface area is 116 Å². The molecule has 0 aromatic carbocycles. The lowest BCUT2D eigenvalue weighted by molar-refractivity contribution is -0.156. The lowest BCUT2D eigenvalue weighted by atomic mass is 9.88. The predicted molar refractivity (Wildman–Crippen MR) is 73.5 cm³/mol. The zero-order valence-electron chi connectivity index (χ0n) is 12.4. The highest BCUT2D eigenvalue weighted by Gasteiger charge is 2.33. The van der Waals surface area contributed by atoms with Crippen LogP contribution < -0.4 is 0 Å². The molecule has 112 valence electrons. The normalized spacial score (nSPS) is 28.3. The number of aliphatic hydroxyl groups is 1. The van der Waals surface area contributed by atoms with Crippen LogP contribution in [0.3, 0.4) is 0 Å². The first-order valence-corrected chi connectivity index (χ1v) is 7.43. The van der Waals surface area contributed by atoms with E-state index in [2.05, 4.69) is 18.6 Å². The Morgan fingerprint density at radius 2 is 1.95 bits per heavy atom. The molecule has 4 atom stereocenters. The van der Waals surface area contributed by atoms with E-state index in [0.29, 0.717) is 11.8 Å². The number of ether oxygens (including phenoxy) is 2. The summed E-state index contributed by atoms with van der Waals surface area (Å²) in [5.74, 6) is 1.67. The van der Waals surface area contributed by atoms with Crippen molar-refractivity contribution in [1.29, 1.82) is 0 Å². The maximum atomic E-state index is 11.4. The summed E-state index contributed by atoms with van der Waals surface area (Å²) in [6.45, 7) is 4.41. The molecule has 1 N–H and O–H groups in total. The first-order chi connectivity index (χ1) is 9.10. The van der Waals surface area contributed by atoms with Crippen molar-refractivity contribution >= 4 is 5.97 Å². The van der Waals surface area contributed by atoms with Gasteiger partial charge in [-0.15, -0.1) is 0 Å². The summed E-state index contributed by atoms with van der Waals surface area (Å²) in [5, 5.41) is 10.0. The average molecular weight is 272 g/mol. The molecular weight excluding hydrogens is 244 g/mol. The van der Waals surface area contributed by atoms with E-state index in [1.54, 1.807) is 0 Å². The number of carbonyl (C=O) groups is 1. The summed E-state index contributed by atoms with van der Waals surface area (Å²) in [6.07, 6.45) is 5.07. The van der Waals surface area contributed by atoms with Gasteiger partial charge in [-0.25, -0.2) is 0 Å². The molecule has 4 unspecified atom stereocenters. The van der Waals surface area contributed by atoms with Crippen LogP contribution in [0.5, 0.6) is 0 Å². The van der Waals surface area contributed by atoms with Gasteiger partial charge in [-0.05, 0) is 37.0 Å². The minimum absolute atomic E-state index is 0.0372. The summed E-state index contributed by atoms with van der Waals surface area (Å²) >= 11 is 0. The van der Waals surface area contributed by atoms with Crippen molar-refractivity contribution in [2.24, 2.45) is 17.8 Å². The lowest BCUT2D eigenvalue weighted by Gasteiger charge is -2.20. The van der Waals surface area contributed by atoms with Crippen LogP contribution in [0.2, 0.25) is 0 Å². The zero-order valence-corrected chi connectivity index (χ0v) is 12.4. The molecule has 0 amide bonds. The van der Waals surface area contributed by atoms with Crippen LogP contribution in [0.15, 0.2) is 0 Å². The maximum absolute atomic E-state index is 11.4. The minimum Gasteiger partial charge on any atom is -0.438 e. The molecule has 0 aromatic heterocycles. The first kappa shape index (κ1) is 16.4. The van der Waals surface area contributed by atoms with Gasteiger partial charge < -0.3 is 14.6 Å². The molecule has 4 heteroatoms. The van der Waals surface area contributed by atoms with Gasteiger partial charge in [0.15, 0.2) is 6.79 Å². The van der Waals surface area contributed by atoms with Gasteiger partial charge in [-0.3, -0.25) is 4.79 Å². The molecule has 19 heavy (non-hydrogen) atoms. The van der Waals surface area contributed by atoms with Crippen LogP contribution in [0.4, 0.5) is 0 Å². The number of aliphatic hydroxyl groups excluding tert-OH is 1. The van der Waals surface area contributed by atoms with E-state index in [-0.39, 0.29) is 19.2 Å². The summed E-state index contributed by atoms with van der Waals surface area (Å²) in [4.78, 5) is 11.4. The number of esters is 1. The molecule has 0 radical (unpaired) electrons. The summed E-state index contributed by atoms with van der Waals surface area (Å²) in [6, 6.07) is 0. The molecule has 0 heterocycles. The third kappa shape index (κ3) is 5.49. The van der Waals surface area contributed by atoms with E-state index in [1.165, 1.54) is 32.8 Å². The van der Waals surface area contributed by atoms with Crippen molar-refractivity contribution in [3.05, 3.63) is 0 Å². The van der Waals surface area contributed by atoms with Gasteiger partial charge in [0.25, 0.3) is 0 Å². The number of methoxy groups -OCH3 is 1. The Hall–Kier alpha value is -0.610. The van der Waals surface area contributed by atoms with Crippen molar-refractivity contribution in [2.75, 3.05) is 13.9 Å². The average Bonchev–Trinajstić information content (AvgIpc) is 2.78. The molecule has 1 fully saturated rings. The molecule has 1 aliphatic carbocycles. The second-order valence-electron chi connectivity index (χ2n) is 5.69. The van der Waals surface area contributed by atoms with Crippen LogP contribution in [-0.2, 0) is 14.3 Å². The number of carbonyl (C=O) groups excluding carboxylic acids is 1. The van der Waals surface area contributed by atoms with Crippen LogP contribution in [-0.4, -0.2) is 31.1 Å². The SMILES string of the molecule is CCC1CC(CC)C(CC(O)CC(=O)OCOC)C1. The van der Waals surface area contributed by atoms with E-state index in [4.69, 9.17) is 4.74 Å². The minimum atomic E-state index is -0.584. The van der Waals surface area contributed by atoms with E-state index in [9.17, 15) is 9.90 Å². The van der Waals surface area contributed by atoms with E-state index in [0.717, 1.165) is 12.3 Å². The van der Waals surface area contributed by atoms with Crippen LogP contribution in [0.25, 0.3) is 0 Å². The Bertz CT molecular complexity index is 267. The molecule has 0 aromatic rings. The second-order valence-corrected chi connectivity index (χ2v) is 5.69. The summed E-state index contributed by atoms with van der Waals surface area (Å²) in [5.41, 5.74) is 0. The van der Waals surface area contributed by atoms with Crippen molar-refractivity contribution < 1.29 is 19.4 Å². The van der Waals surface area contributed by atoms with Crippen LogP contribution in [0.1, 0.15) is 52.4 Å². The molecular formula is C15H28O4. The second kappa shape index (κ2) is 8.54. The highest BCUT2D eigenvalue weighted by molar-refractivity contribution is 5.69. The molecule has 1 saturated carbocycles. The molecule has 0 bridgehead atoms. The number of hydrogen-bond donors (Lipinski definition) is 1. The molecule has 4 nitrogen and oxygen atoms in total. The highest BCUT2D eigenvalue weighted by atomic mass is 16.7.